The summed E-state index contributed by atoms with van der Waals surface area (Å²) in [6.45, 7) is 7.63. The summed E-state index contributed by atoms with van der Waals surface area (Å²) in [5, 5.41) is 25.7. The van der Waals surface area contributed by atoms with Crippen LogP contribution in [0.1, 0.15) is 47.2 Å². The van der Waals surface area contributed by atoms with E-state index < -0.39 is 4.92 Å². The van der Waals surface area contributed by atoms with E-state index in [1.807, 2.05) is 32.9 Å². The minimum atomic E-state index is -0.478. The molecule has 11 heteroatoms. The molecule has 0 aliphatic carbocycles. The summed E-state index contributed by atoms with van der Waals surface area (Å²) in [5.74, 6) is 0.251. The number of nitrogens with zero attached hydrogens (tertiary/aromatic N) is 4. The number of aromatic nitrogens is 3. The van der Waals surface area contributed by atoms with Gasteiger partial charge in [-0.25, -0.2) is 0 Å². The molecule has 0 aliphatic heterocycles. The van der Waals surface area contributed by atoms with Gasteiger partial charge in [0.1, 0.15) is 0 Å². The molecular formula is C24H28N6O4S. The van der Waals surface area contributed by atoms with E-state index in [1.165, 1.54) is 30.0 Å². The number of aryl methyl sites for hydroxylation is 2. The van der Waals surface area contributed by atoms with Gasteiger partial charge in [0.2, 0.25) is 5.91 Å². The largest absolute Gasteiger partial charge is 0.342 e. The lowest BCUT2D eigenvalue weighted by molar-refractivity contribution is -0.384. The Kier molecular flexibility index (Phi) is 8.23. The van der Waals surface area contributed by atoms with E-state index in [-0.39, 0.29) is 35.2 Å². The molecule has 2 N–H and O–H groups in total. The van der Waals surface area contributed by atoms with Crippen molar-refractivity contribution >= 4 is 35.0 Å². The average molecular weight is 497 g/mol. The molecule has 2 amide bonds. The van der Waals surface area contributed by atoms with Gasteiger partial charge in [-0.05, 0) is 43.5 Å². The third kappa shape index (κ3) is 6.44. The predicted octanol–water partition coefficient (Wildman–Crippen LogP) is 4.20. The van der Waals surface area contributed by atoms with Crippen LogP contribution in [0.4, 0.5) is 11.4 Å². The molecule has 0 aliphatic rings. The number of thioether (sulfide) groups is 1. The van der Waals surface area contributed by atoms with Gasteiger partial charge in [-0.3, -0.25) is 19.7 Å². The van der Waals surface area contributed by atoms with Crippen molar-refractivity contribution < 1.29 is 14.5 Å². The lowest BCUT2D eigenvalue weighted by atomic mass is 10.0. The SMILES string of the molecule is Cc1ccc(C(=O)N[C@@H](c2nnc(SCC(=O)Nc3ccc([N+](=O)[O-])cc3C)n2C)C(C)C)cc1. The van der Waals surface area contributed by atoms with Gasteiger partial charge in [-0.15, -0.1) is 10.2 Å². The molecule has 0 saturated carbocycles. The van der Waals surface area contributed by atoms with Crippen molar-refractivity contribution in [3.63, 3.8) is 0 Å². The van der Waals surface area contributed by atoms with Gasteiger partial charge in [0.25, 0.3) is 11.6 Å². The fourth-order valence-electron chi connectivity index (χ4n) is 3.40. The molecule has 3 aromatic rings. The number of nitro groups is 1. The number of carbonyl (C=O) groups excluding carboxylic acids is 2. The maximum Gasteiger partial charge on any atom is 0.269 e. The van der Waals surface area contributed by atoms with Crippen LogP contribution in [-0.2, 0) is 11.8 Å². The second-order valence-corrected chi connectivity index (χ2v) is 9.50. The van der Waals surface area contributed by atoms with E-state index in [9.17, 15) is 19.7 Å². The normalized spacial score (nSPS) is 11.8. The van der Waals surface area contributed by atoms with Crippen molar-refractivity contribution in [2.75, 3.05) is 11.1 Å². The molecule has 0 spiro atoms. The average Bonchev–Trinajstić information content (AvgIpc) is 3.17. The first-order valence-corrected chi connectivity index (χ1v) is 12.0. The highest BCUT2D eigenvalue weighted by atomic mass is 32.2. The summed E-state index contributed by atoms with van der Waals surface area (Å²) >= 11 is 1.21. The highest BCUT2D eigenvalue weighted by Gasteiger charge is 2.25. The minimum Gasteiger partial charge on any atom is -0.342 e. The van der Waals surface area contributed by atoms with Crippen molar-refractivity contribution in [1.29, 1.82) is 0 Å². The molecule has 1 heterocycles. The Morgan fingerprint density at radius 3 is 2.40 bits per heavy atom. The number of hydrogen-bond acceptors (Lipinski definition) is 7. The highest BCUT2D eigenvalue weighted by Crippen LogP contribution is 2.25. The summed E-state index contributed by atoms with van der Waals surface area (Å²) in [5.41, 5.74) is 2.72. The number of amides is 2. The van der Waals surface area contributed by atoms with Crippen molar-refractivity contribution in [2.24, 2.45) is 13.0 Å². The number of non-ortho nitro benzene ring substituents is 1. The van der Waals surface area contributed by atoms with Crippen LogP contribution in [0, 0.1) is 29.9 Å². The molecule has 0 saturated heterocycles. The van der Waals surface area contributed by atoms with Crippen LogP contribution in [0.15, 0.2) is 47.6 Å². The number of carbonyl (C=O) groups is 2. The van der Waals surface area contributed by atoms with Gasteiger partial charge in [-0.1, -0.05) is 43.3 Å². The minimum absolute atomic E-state index is 0.0318. The van der Waals surface area contributed by atoms with Crippen LogP contribution in [0.3, 0.4) is 0 Å². The third-order valence-corrected chi connectivity index (χ3v) is 6.46. The molecule has 2 aromatic carbocycles. The van der Waals surface area contributed by atoms with Crippen LogP contribution in [-0.4, -0.2) is 37.3 Å². The second kappa shape index (κ2) is 11.1. The Morgan fingerprint density at radius 2 is 1.80 bits per heavy atom. The van der Waals surface area contributed by atoms with Crippen LogP contribution >= 0.6 is 11.8 Å². The van der Waals surface area contributed by atoms with E-state index in [1.54, 1.807) is 30.7 Å². The molecule has 1 aromatic heterocycles. The third-order valence-electron chi connectivity index (χ3n) is 5.44. The number of hydrogen-bond donors (Lipinski definition) is 2. The predicted molar refractivity (Wildman–Crippen MR) is 134 cm³/mol. The van der Waals surface area contributed by atoms with E-state index in [2.05, 4.69) is 20.8 Å². The zero-order valence-electron chi connectivity index (χ0n) is 20.2. The maximum absolute atomic E-state index is 12.8. The van der Waals surface area contributed by atoms with Crippen LogP contribution in [0.25, 0.3) is 0 Å². The smallest absolute Gasteiger partial charge is 0.269 e. The number of nitro benzene ring substituents is 1. The standard InChI is InChI=1S/C24H28N6O4S/c1-14(2)21(26-23(32)17-8-6-15(3)7-9-17)22-27-28-24(29(22)5)35-13-20(31)25-19-11-10-18(30(33)34)12-16(19)4/h6-12,14,21H,13H2,1-5H3,(H,25,31)(H,26,32)/t21-/m1/s1. The van der Waals surface area contributed by atoms with Gasteiger partial charge in [-0.2, -0.15) is 0 Å². The van der Waals surface area contributed by atoms with Crippen LogP contribution in [0.2, 0.25) is 0 Å². The molecule has 35 heavy (non-hydrogen) atoms. The van der Waals surface area contributed by atoms with Crippen molar-refractivity contribution in [2.45, 2.75) is 38.9 Å². The fourth-order valence-corrected chi connectivity index (χ4v) is 4.12. The molecule has 3 rings (SSSR count). The van der Waals surface area contributed by atoms with Crippen LogP contribution in [0.5, 0.6) is 0 Å². The first-order valence-electron chi connectivity index (χ1n) is 11.0. The van der Waals surface area contributed by atoms with E-state index >= 15 is 0 Å². The lowest BCUT2D eigenvalue weighted by Crippen LogP contribution is -2.33. The van der Waals surface area contributed by atoms with Crippen molar-refractivity contribution in [3.8, 4) is 0 Å². The van der Waals surface area contributed by atoms with Gasteiger partial charge in [0.05, 0.1) is 16.7 Å². The number of benzene rings is 2. The number of rotatable bonds is 9. The molecule has 184 valence electrons. The van der Waals surface area contributed by atoms with Gasteiger partial charge in [0, 0.05) is 30.4 Å². The van der Waals surface area contributed by atoms with E-state index in [0.717, 1.165) is 5.56 Å². The molecule has 0 radical (unpaired) electrons. The number of anilines is 1. The molecule has 0 fully saturated rings. The van der Waals surface area contributed by atoms with Crippen molar-refractivity contribution in [1.82, 2.24) is 20.1 Å². The monoisotopic (exact) mass is 496 g/mol. The Labute approximate surface area is 207 Å². The lowest BCUT2D eigenvalue weighted by Gasteiger charge is -2.21. The van der Waals surface area contributed by atoms with Crippen LogP contribution < -0.4 is 10.6 Å². The summed E-state index contributed by atoms with van der Waals surface area (Å²) in [7, 11) is 1.80. The van der Waals surface area contributed by atoms with Gasteiger partial charge >= 0.3 is 0 Å². The van der Waals surface area contributed by atoms with E-state index in [4.69, 9.17) is 0 Å². The topological polar surface area (TPSA) is 132 Å². The van der Waals surface area contributed by atoms with Gasteiger partial charge < -0.3 is 15.2 Å². The second-order valence-electron chi connectivity index (χ2n) is 8.55. The Balaban J connectivity index is 1.65. The molecule has 0 unspecified atom stereocenters. The number of nitrogens with one attached hydrogen (secondary N) is 2. The van der Waals surface area contributed by atoms with Crippen molar-refractivity contribution in [3.05, 3.63) is 75.1 Å². The summed E-state index contributed by atoms with van der Waals surface area (Å²) in [4.78, 5) is 35.6. The maximum atomic E-state index is 12.8. The molecule has 1 atom stereocenters. The summed E-state index contributed by atoms with van der Waals surface area (Å²) in [6, 6.07) is 11.2. The molecule has 10 nitrogen and oxygen atoms in total. The Morgan fingerprint density at radius 1 is 1.11 bits per heavy atom. The fraction of sp³-hybridized carbons (Fsp3) is 0.333. The first kappa shape index (κ1) is 25.9. The Bertz CT molecular complexity index is 1240. The quantitative estimate of drug-likeness (QED) is 0.258. The first-order chi connectivity index (χ1) is 16.6. The van der Waals surface area contributed by atoms with Gasteiger partial charge in [0.15, 0.2) is 11.0 Å². The zero-order chi connectivity index (χ0) is 25.7. The summed E-state index contributed by atoms with van der Waals surface area (Å²) in [6.07, 6.45) is 0. The summed E-state index contributed by atoms with van der Waals surface area (Å²) < 4.78 is 1.77. The molecule has 0 bridgehead atoms. The molecular weight excluding hydrogens is 468 g/mol. The Hall–Kier alpha value is -3.73. The highest BCUT2D eigenvalue weighted by molar-refractivity contribution is 7.99. The zero-order valence-corrected chi connectivity index (χ0v) is 21.0. The van der Waals surface area contributed by atoms with E-state index in [0.29, 0.717) is 27.8 Å².